The first-order valence-electron chi connectivity index (χ1n) is 8.37. The van der Waals surface area contributed by atoms with Crippen LogP contribution in [0.3, 0.4) is 0 Å². The van der Waals surface area contributed by atoms with Gasteiger partial charge in [-0.05, 0) is 42.2 Å². The molecule has 0 unspecified atom stereocenters. The highest BCUT2D eigenvalue weighted by atomic mass is 35.5. The number of halogens is 1. The highest BCUT2D eigenvalue weighted by Gasteiger charge is 2.25. The Morgan fingerprint density at radius 1 is 1.08 bits per heavy atom. The topological polar surface area (TPSA) is 58.2 Å². The molecule has 0 radical (unpaired) electrons. The van der Waals surface area contributed by atoms with Crippen molar-refractivity contribution in [1.82, 2.24) is 5.32 Å². The summed E-state index contributed by atoms with van der Waals surface area (Å²) in [4.78, 5) is 25.1. The zero-order chi connectivity index (χ0) is 18.4. The maximum atomic E-state index is 12.6. The third-order valence-corrected chi connectivity index (χ3v) is 4.29. The number of anilines is 1. The molecule has 0 aliphatic rings. The van der Waals surface area contributed by atoms with Gasteiger partial charge >= 0.3 is 0 Å². The number of hydrogen-bond donors (Lipinski definition) is 2. The van der Waals surface area contributed by atoms with E-state index in [1.165, 1.54) is 0 Å². The van der Waals surface area contributed by atoms with Gasteiger partial charge in [0.2, 0.25) is 5.91 Å². The van der Waals surface area contributed by atoms with E-state index in [0.717, 1.165) is 17.7 Å². The summed E-state index contributed by atoms with van der Waals surface area (Å²) in [5.74, 6) is -0.675. The number of carbonyl (C=O) groups excluding carboxylic acids is 2. The Bertz CT molecular complexity index is 759. The Labute approximate surface area is 153 Å². The van der Waals surface area contributed by atoms with Crippen LogP contribution in [0.25, 0.3) is 0 Å². The quantitative estimate of drug-likeness (QED) is 0.809. The average molecular weight is 359 g/mol. The van der Waals surface area contributed by atoms with Gasteiger partial charge in [-0.15, -0.1) is 0 Å². The van der Waals surface area contributed by atoms with Crippen molar-refractivity contribution in [2.45, 2.75) is 33.2 Å². The van der Waals surface area contributed by atoms with Gasteiger partial charge in [-0.1, -0.05) is 56.6 Å². The Kier molecular flexibility index (Phi) is 6.59. The summed E-state index contributed by atoms with van der Waals surface area (Å²) in [5.41, 5.74) is 2.22. The molecule has 0 saturated heterocycles. The minimum atomic E-state index is -0.658. The normalized spacial score (nSPS) is 11.9. The van der Waals surface area contributed by atoms with Crippen molar-refractivity contribution >= 4 is 29.1 Å². The van der Waals surface area contributed by atoms with E-state index in [4.69, 9.17) is 11.6 Å². The molecule has 0 heterocycles. The molecular formula is C20H23ClN2O2. The number of aryl methyl sites for hydroxylation is 1. The highest BCUT2D eigenvalue weighted by molar-refractivity contribution is 6.33. The van der Waals surface area contributed by atoms with Crippen molar-refractivity contribution in [3.63, 3.8) is 0 Å². The van der Waals surface area contributed by atoms with Crippen LogP contribution in [0.1, 0.15) is 36.7 Å². The van der Waals surface area contributed by atoms with Crippen LogP contribution in [-0.2, 0) is 11.2 Å². The lowest BCUT2D eigenvalue weighted by Gasteiger charge is -2.22. The van der Waals surface area contributed by atoms with Crippen molar-refractivity contribution < 1.29 is 9.59 Å². The maximum absolute atomic E-state index is 12.6. The smallest absolute Gasteiger partial charge is 0.253 e. The highest BCUT2D eigenvalue weighted by Crippen LogP contribution is 2.17. The largest absolute Gasteiger partial charge is 0.340 e. The van der Waals surface area contributed by atoms with Crippen molar-refractivity contribution in [1.29, 1.82) is 0 Å². The van der Waals surface area contributed by atoms with Gasteiger partial charge in [0, 0.05) is 5.69 Å². The molecule has 0 fully saturated rings. The molecule has 0 saturated carbocycles. The molecule has 2 N–H and O–H groups in total. The van der Waals surface area contributed by atoms with Crippen LogP contribution in [0, 0.1) is 5.92 Å². The van der Waals surface area contributed by atoms with Crippen molar-refractivity contribution in [2.24, 2.45) is 5.92 Å². The first kappa shape index (κ1) is 19.0. The summed E-state index contributed by atoms with van der Waals surface area (Å²) in [5, 5.41) is 6.03. The van der Waals surface area contributed by atoms with Gasteiger partial charge in [0.1, 0.15) is 6.04 Å². The minimum absolute atomic E-state index is 0.0687. The second-order valence-electron chi connectivity index (χ2n) is 6.22. The summed E-state index contributed by atoms with van der Waals surface area (Å²) >= 11 is 6.06. The molecule has 4 nitrogen and oxygen atoms in total. The predicted octanol–water partition coefficient (Wildman–Crippen LogP) is 4.30. The van der Waals surface area contributed by atoms with E-state index in [9.17, 15) is 9.59 Å². The maximum Gasteiger partial charge on any atom is 0.253 e. The van der Waals surface area contributed by atoms with E-state index in [1.807, 2.05) is 38.1 Å². The van der Waals surface area contributed by atoms with E-state index in [-0.39, 0.29) is 17.7 Å². The molecule has 2 amide bonds. The lowest BCUT2D eigenvalue weighted by Crippen LogP contribution is -2.47. The molecule has 1 atom stereocenters. The van der Waals surface area contributed by atoms with Crippen molar-refractivity contribution in [3.8, 4) is 0 Å². The molecule has 0 aliphatic heterocycles. The number of nitrogens with one attached hydrogen (secondary N) is 2. The van der Waals surface area contributed by atoms with Gasteiger partial charge in [0.15, 0.2) is 0 Å². The Morgan fingerprint density at radius 2 is 1.80 bits per heavy atom. The van der Waals surface area contributed by atoms with Gasteiger partial charge in [-0.2, -0.15) is 0 Å². The molecule has 0 bridgehead atoms. The summed E-state index contributed by atoms with van der Waals surface area (Å²) in [6.07, 6.45) is 0.889. The van der Waals surface area contributed by atoms with Crippen LogP contribution >= 0.6 is 11.6 Å². The molecule has 0 spiro atoms. The molecule has 25 heavy (non-hydrogen) atoms. The summed E-state index contributed by atoms with van der Waals surface area (Å²) < 4.78 is 0. The fraction of sp³-hybridized carbons (Fsp3) is 0.300. The zero-order valence-corrected chi connectivity index (χ0v) is 15.4. The fourth-order valence-corrected chi connectivity index (χ4v) is 2.71. The molecule has 0 aromatic heterocycles. The standard InChI is InChI=1S/C20H23ClN2O2/c1-4-14-8-7-9-15(12-14)22-20(25)18(13(2)3)23-19(24)16-10-5-6-11-17(16)21/h5-13,18H,4H2,1-3H3,(H,22,25)(H,23,24)/t18-/m0/s1. The van der Waals surface area contributed by atoms with Crippen LogP contribution in [0.4, 0.5) is 5.69 Å². The summed E-state index contributed by atoms with van der Waals surface area (Å²) in [7, 11) is 0. The lowest BCUT2D eigenvalue weighted by atomic mass is 10.0. The predicted molar refractivity (Wildman–Crippen MR) is 102 cm³/mol. The average Bonchev–Trinajstić information content (AvgIpc) is 2.59. The van der Waals surface area contributed by atoms with Gasteiger partial charge in [-0.25, -0.2) is 0 Å². The van der Waals surface area contributed by atoms with E-state index in [1.54, 1.807) is 24.3 Å². The molecule has 0 aliphatic carbocycles. The van der Waals surface area contributed by atoms with Crippen LogP contribution in [0.2, 0.25) is 5.02 Å². The molecular weight excluding hydrogens is 336 g/mol. The fourth-order valence-electron chi connectivity index (χ4n) is 2.49. The van der Waals surface area contributed by atoms with Crippen molar-refractivity contribution in [2.75, 3.05) is 5.32 Å². The van der Waals surface area contributed by atoms with Crippen LogP contribution < -0.4 is 10.6 Å². The Morgan fingerprint density at radius 3 is 2.44 bits per heavy atom. The van der Waals surface area contributed by atoms with Gasteiger partial charge in [0.05, 0.1) is 10.6 Å². The zero-order valence-electron chi connectivity index (χ0n) is 14.7. The molecule has 2 aromatic rings. The lowest BCUT2D eigenvalue weighted by molar-refractivity contribution is -0.118. The summed E-state index contributed by atoms with van der Waals surface area (Å²) in [6.45, 7) is 5.83. The molecule has 5 heteroatoms. The summed E-state index contributed by atoms with van der Waals surface area (Å²) in [6, 6.07) is 13.8. The van der Waals surface area contributed by atoms with Gasteiger partial charge in [-0.3, -0.25) is 9.59 Å². The molecule has 132 valence electrons. The Balaban J connectivity index is 2.13. The second kappa shape index (κ2) is 8.67. The number of rotatable bonds is 6. The third kappa shape index (κ3) is 5.07. The first-order chi connectivity index (χ1) is 11.9. The Hall–Kier alpha value is -2.33. The number of hydrogen-bond acceptors (Lipinski definition) is 2. The third-order valence-electron chi connectivity index (χ3n) is 3.96. The van der Waals surface area contributed by atoms with E-state index in [0.29, 0.717) is 10.6 Å². The van der Waals surface area contributed by atoms with Crippen LogP contribution in [0.15, 0.2) is 48.5 Å². The van der Waals surface area contributed by atoms with E-state index >= 15 is 0 Å². The monoisotopic (exact) mass is 358 g/mol. The van der Waals surface area contributed by atoms with Crippen molar-refractivity contribution in [3.05, 3.63) is 64.7 Å². The second-order valence-corrected chi connectivity index (χ2v) is 6.63. The number of amides is 2. The van der Waals surface area contributed by atoms with Gasteiger partial charge in [0.25, 0.3) is 5.91 Å². The van der Waals surface area contributed by atoms with Gasteiger partial charge < -0.3 is 10.6 Å². The number of benzene rings is 2. The first-order valence-corrected chi connectivity index (χ1v) is 8.75. The molecule has 2 rings (SSSR count). The number of carbonyl (C=O) groups is 2. The minimum Gasteiger partial charge on any atom is -0.340 e. The van der Waals surface area contributed by atoms with Crippen LogP contribution in [-0.4, -0.2) is 17.9 Å². The van der Waals surface area contributed by atoms with E-state index < -0.39 is 6.04 Å². The van der Waals surface area contributed by atoms with Crippen LogP contribution in [0.5, 0.6) is 0 Å². The van der Waals surface area contributed by atoms with E-state index in [2.05, 4.69) is 17.6 Å². The SMILES string of the molecule is CCc1cccc(NC(=O)[C@@H](NC(=O)c2ccccc2Cl)C(C)C)c1. The molecule has 2 aromatic carbocycles.